The number of hydrogen-bond donors (Lipinski definition) is 0. The number of esters is 2. The molecule has 0 aromatic heterocycles. The smallest absolute Gasteiger partial charge is 0.305 e. The molecular formula is C19H26O4. The molecule has 1 rings (SSSR count). The number of hydrogen-bond acceptors (Lipinski definition) is 4. The molecule has 23 heavy (non-hydrogen) atoms. The average molecular weight is 318 g/mol. The molecule has 4 heteroatoms. The standard InChI is InChI=1S/C19H26O4/c1-6-8-18(19(22-14(4)20)23-15(5)21)12-16-9-7-10-17(11-16)13(2)3/h7,9-13,19H,6,8H2,1-5H3. The Balaban J connectivity index is 3.16. The molecule has 0 unspecified atom stereocenters. The summed E-state index contributed by atoms with van der Waals surface area (Å²) in [6, 6.07) is 8.16. The predicted octanol–water partition coefficient (Wildman–Crippen LogP) is 4.45. The van der Waals surface area contributed by atoms with Crippen LogP contribution in [-0.2, 0) is 19.1 Å². The second kappa shape index (κ2) is 9.13. The van der Waals surface area contributed by atoms with Gasteiger partial charge in [-0.2, -0.15) is 0 Å². The van der Waals surface area contributed by atoms with E-state index < -0.39 is 18.2 Å². The van der Waals surface area contributed by atoms with Gasteiger partial charge >= 0.3 is 11.9 Å². The molecule has 0 saturated carbocycles. The molecule has 0 spiro atoms. The van der Waals surface area contributed by atoms with Gasteiger partial charge in [-0.15, -0.1) is 0 Å². The Morgan fingerprint density at radius 3 is 2.22 bits per heavy atom. The van der Waals surface area contributed by atoms with Crippen LogP contribution in [0.15, 0.2) is 29.8 Å². The molecule has 0 fully saturated rings. The molecule has 0 aliphatic rings. The van der Waals surface area contributed by atoms with E-state index in [9.17, 15) is 9.59 Å². The Bertz CT molecular complexity index is 556. The highest BCUT2D eigenvalue weighted by molar-refractivity contribution is 5.69. The van der Waals surface area contributed by atoms with Crippen molar-refractivity contribution in [3.05, 3.63) is 41.0 Å². The van der Waals surface area contributed by atoms with Gasteiger partial charge in [0.25, 0.3) is 6.29 Å². The summed E-state index contributed by atoms with van der Waals surface area (Å²) >= 11 is 0. The molecule has 0 aliphatic carbocycles. The van der Waals surface area contributed by atoms with Crippen molar-refractivity contribution < 1.29 is 19.1 Å². The topological polar surface area (TPSA) is 52.6 Å². The third kappa shape index (κ3) is 6.68. The number of benzene rings is 1. The first-order valence-corrected chi connectivity index (χ1v) is 7.98. The number of carbonyl (C=O) groups excluding carboxylic acids is 2. The zero-order valence-corrected chi connectivity index (χ0v) is 14.6. The molecule has 0 N–H and O–H groups in total. The van der Waals surface area contributed by atoms with Crippen molar-refractivity contribution in [3.8, 4) is 0 Å². The van der Waals surface area contributed by atoms with E-state index in [4.69, 9.17) is 9.47 Å². The van der Waals surface area contributed by atoms with E-state index >= 15 is 0 Å². The van der Waals surface area contributed by atoms with Crippen LogP contribution in [0, 0.1) is 0 Å². The predicted molar refractivity (Wildman–Crippen MR) is 90.7 cm³/mol. The normalized spacial score (nSPS) is 11.7. The molecule has 0 heterocycles. The van der Waals surface area contributed by atoms with Crippen molar-refractivity contribution in [2.45, 2.75) is 59.7 Å². The Kier molecular flexibility index (Phi) is 7.52. The van der Waals surface area contributed by atoms with Gasteiger partial charge in [0.05, 0.1) is 0 Å². The summed E-state index contributed by atoms with van der Waals surface area (Å²) in [7, 11) is 0. The first-order valence-electron chi connectivity index (χ1n) is 7.98. The van der Waals surface area contributed by atoms with E-state index in [2.05, 4.69) is 26.0 Å². The van der Waals surface area contributed by atoms with Crippen LogP contribution in [0.1, 0.15) is 64.5 Å². The van der Waals surface area contributed by atoms with Gasteiger partial charge in [0.15, 0.2) is 0 Å². The monoisotopic (exact) mass is 318 g/mol. The van der Waals surface area contributed by atoms with Gasteiger partial charge in [-0.1, -0.05) is 51.5 Å². The SMILES string of the molecule is CCCC(=Cc1cccc(C(C)C)c1)C(OC(C)=O)OC(C)=O. The van der Waals surface area contributed by atoms with E-state index in [1.54, 1.807) is 0 Å². The second-order valence-corrected chi connectivity index (χ2v) is 5.84. The second-order valence-electron chi connectivity index (χ2n) is 5.84. The molecule has 4 nitrogen and oxygen atoms in total. The first kappa shape index (κ1) is 18.9. The van der Waals surface area contributed by atoms with Gasteiger partial charge in [-0.3, -0.25) is 9.59 Å². The highest BCUT2D eigenvalue weighted by Gasteiger charge is 2.20. The van der Waals surface area contributed by atoms with Gasteiger partial charge in [-0.25, -0.2) is 0 Å². The first-order chi connectivity index (χ1) is 10.8. The minimum atomic E-state index is -0.965. The fraction of sp³-hybridized carbons (Fsp3) is 0.474. The maximum absolute atomic E-state index is 11.3. The lowest BCUT2D eigenvalue weighted by atomic mass is 9.99. The van der Waals surface area contributed by atoms with E-state index in [1.807, 2.05) is 25.1 Å². The van der Waals surface area contributed by atoms with Crippen molar-refractivity contribution in [2.75, 3.05) is 0 Å². The van der Waals surface area contributed by atoms with Crippen LogP contribution in [0.25, 0.3) is 6.08 Å². The summed E-state index contributed by atoms with van der Waals surface area (Å²) in [6.45, 7) is 8.91. The average Bonchev–Trinajstić information content (AvgIpc) is 2.45. The van der Waals surface area contributed by atoms with E-state index in [0.29, 0.717) is 12.3 Å². The zero-order valence-electron chi connectivity index (χ0n) is 14.6. The molecule has 0 radical (unpaired) electrons. The minimum absolute atomic E-state index is 0.427. The maximum Gasteiger partial charge on any atom is 0.305 e. The molecule has 1 aromatic carbocycles. The van der Waals surface area contributed by atoms with Crippen LogP contribution in [0.2, 0.25) is 0 Å². The van der Waals surface area contributed by atoms with Crippen LogP contribution >= 0.6 is 0 Å². The van der Waals surface area contributed by atoms with Crippen LogP contribution in [0.5, 0.6) is 0 Å². The Morgan fingerprint density at radius 2 is 1.74 bits per heavy atom. The number of ether oxygens (including phenoxy) is 2. The van der Waals surface area contributed by atoms with Crippen molar-refractivity contribution in [1.29, 1.82) is 0 Å². The molecule has 0 bridgehead atoms. The lowest BCUT2D eigenvalue weighted by molar-refractivity contribution is -0.178. The van der Waals surface area contributed by atoms with E-state index in [0.717, 1.165) is 17.6 Å². The van der Waals surface area contributed by atoms with Gasteiger partial charge in [0.2, 0.25) is 0 Å². The van der Waals surface area contributed by atoms with Crippen LogP contribution in [-0.4, -0.2) is 18.2 Å². The minimum Gasteiger partial charge on any atom is -0.421 e. The van der Waals surface area contributed by atoms with Crippen molar-refractivity contribution in [3.63, 3.8) is 0 Å². The van der Waals surface area contributed by atoms with Crippen LogP contribution < -0.4 is 0 Å². The molecule has 126 valence electrons. The maximum atomic E-state index is 11.3. The largest absolute Gasteiger partial charge is 0.421 e. The number of carbonyl (C=O) groups is 2. The fourth-order valence-corrected chi connectivity index (χ4v) is 2.25. The van der Waals surface area contributed by atoms with Crippen molar-refractivity contribution in [1.82, 2.24) is 0 Å². The van der Waals surface area contributed by atoms with Gasteiger partial charge in [0, 0.05) is 19.4 Å². The summed E-state index contributed by atoms with van der Waals surface area (Å²) in [5.74, 6) is -0.529. The van der Waals surface area contributed by atoms with Crippen LogP contribution in [0.4, 0.5) is 0 Å². The molecule has 0 saturated heterocycles. The Hall–Kier alpha value is -2.10. The Morgan fingerprint density at radius 1 is 1.13 bits per heavy atom. The zero-order chi connectivity index (χ0) is 17.4. The lowest BCUT2D eigenvalue weighted by Gasteiger charge is -2.20. The summed E-state index contributed by atoms with van der Waals surface area (Å²) in [5, 5.41) is 0. The van der Waals surface area contributed by atoms with Crippen molar-refractivity contribution >= 4 is 18.0 Å². The van der Waals surface area contributed by atoms with Crippen molar-refractivity contribution in [2.24, 2.45) is 0 Å². The lowest BCUT2D eigenvalue weighted by Crippen LogP contribution is -2.24. The van der Waals surface area contributed by atoms with Gasteiger partial charge in [-0.05, 0) is 29.5 Å². The summed E-state index contributed by atoms with van der Waals surface area (Å²) in [4.78, 5) is 22.6. The third-order valence-electron chi connectivity index (χ3n) is 3.32. The third-order valence-corrected chi connectivity index (χ3v) is 3.32. The van der Waals surface area contributed by atoms with Crippen LogP contribution in [0.3, 0.4) is 0 Å². The fourth-order valence-electron chi connectivity index (χ4n) is 2.25. The summed E-state index contributed by atoms with van der Waals surface area (Å²) < 4.78 is 10.4. The molecular weight excluding hydrogens is 292 g/mol. The summed E-state index contributed by atoms with van der Waals surface area (Å²) in [5.41, 5.74) is 3.01. The molecule has 0 amide bonds. The molecule has 0 atom stereocenters. The highest BCUT2D eigenvalue weighted by Crippen LogP contribution is 2.22. The molecule has 0 aliphatic heterocycles. The van der Waals surface area contributed by atoms with E-state index in [-0.39, 0.29) is 0 Å². The quantitative estimate of drug-likeness (QED) is 0.550. The highest BCUT2D eigenvalue weighted by atomic mass is 16.7. The van der Waals surface area contributed by atoms with Gasteiger partial charge in [0.1, 0.15) is 0 Å². The van der Waals surface area contributed by atoms with E-state index in [1.165, 1.54) is 19.4 Å². The number of rotatable bonds is 7. The summed E-state index contributed by atoms with van der Waals surface area (Å²) in [6.07, 6.45) is 2.50. The molecule has 1 aromatic rings. The van der Waals surface area contributed by atoms with Gasteiger partial charge < -0.3 is 9.47 Å². The Labute approximate surface area is 138 Å².